The third-order valence-electron chi connectivity index (χ3n) is 1.70. The summed E-state index contributed by atoms with van der Waals surface area (Å²) in [6, 6.07) is 0. The van der Waals surface area contributed by atoms with Gasteiger partial charge in [0.25, 0.3) is 5.91 Å². The van der Waals surface area contributed by atoms with Gasteiger partial charge in [0.05, 0.1) is 0 Å². The van der Waals surface area contributed by atoms with Crippen LogP contribution in [0.15, 0.2) is 0 Å². The summed E-state index contributed by atoms with van der Waals surface area (Å²) < 4.78 is 12.6. The van der Waals surface area contributed by atoms with Crippen molar-refractivity contribution in [3.63, 3.8) is 0 Å². The van der Waals surface area contributed by atoms with E-state index in [9.17, 15) is 9.18 Å². The number of nitrogens with one attached hydrogen (secondary N) is 1. The highest BCUT2D eigenvalue weighted by Gasteiger charge is 2.28. The van der Waals surface area contributed by atoms with Gasteiger partial charge in [0, 0.05) is 7.05 Å². The van der Waals surface area contributed by atoms with Crippen molar-refractivity contribution in [1.82, 2.24) is 5.32 Å². The lowest BCUT2D eigenvalue weighted by atomic mass is 10.2. The average molecular weight is 144 g/mol. The van der Waals surface area contributed by atoms with Crippen LogP contribution >= 0.6 is 0 Å². The first-order valence-corrected chi connectivity index (χ1v) is 3.45. The lowest BCUT2D eigenvalue weighted by molar-refractivity contribution is -0.125. The molecule has 0 spiro atoms. The third-order valence-corrected chi connectivity index (χ3v) is 1.70. The molecule has 2 nitrogen and oxygen atoms in total. The predicted molar refractivity (Wildman–Crippen MR) is 35.7 cm³/mol. The number of carbonyl (C=O) groups is 1. The molecule has 0 aliphatic heterocycles. The van der Waals surface area contributed by atoms with E-state index in [1.807, 2.05) is 5.32 Å². The second-order valence-corrected chi connectivity index (χ2v) is 2.69. The molecule has 57 valence electrons. The van der Waals surface area contributed by atoms with E-state index in [1.54, 1.807) is 0 Å². The van der Waals surface area contributed by atoms with E-state index < -0.39 is 12.1 Å². The summed E-state index contributed by atoms with van der Waals surface area (Å²) in [7, 11) is 3.09. The molecule has 1 saturated carbocycles. The van der Waals surface area contributed by atoms with Gasteiger partial charge in [-0.15, -0.1) is 0 Å². The van der Waals surface area contributed by atoms with Crippen LogP contribution in [-0.4, -0.2) is 12.1 Å². The Morgan fingerprint density at radius 3 is 2.80 bits per heavy atom. The number of alkyl halides is 1. The summed E-state index contributed by atoms with van der Waals surface area (Å²) in [5, 5.41) is 2.03. The molecule has 1 amide bonds. The van der Waals surface area contributed by atoms with Crippen molar-refractivity contribution in [2.24, 2.45) is 5.92 Å². The number of hydrogen-bond donors (Lipinski definition) is 1. The number of hydrogen-bond acceptors (Lipinski definition) is 1. The van der Waals surface area contributed by atoms with Gasteiger partial charge in [0.15, 0.2) is 6.17 Å². The van der Waals surface area contributed by atoms with Crippen LogP contribution in [0.3, 0.4) is 0 Å². The smallest absolute Gasteiger partial charge is 0.254 e. The molecular formula is C7H11FNO. The van der Waals surface area contributed by atoms with Crippen LogP contribution in [0.2, 0.25) is 0 Å². The van der Waals surface area contributed by atoms with Crippen molar-refractivity contribution in [3.05, 3.63) is 7.05 Å². The van der Waals surface area contributed by atoms with E-state index in [4.69, 9.17) is 0 Å². The maximum atomic E-state index is 12.6. The minimum absolute atomic E-state index is 0.376. The number of carbonyl (C=O) groups excluding carboxylic acids is 1. The second kappa shape index (κ2) is 2.99. The van der Waals surface area contributed by atoms with Gasteiger partial charge in [-0.2, -0.15) is 0 Å². The van der Waals surface area contributed by atoms with Crippen LogP contribution in [0.5, 0.6) is 0 Å². The fraction of sp³-hybridized carbons (Fsp3) is 0.714. The summed E-state index contributed by atoms with van der Waals surface area (Å²) in [5.74, 6) is -0.140. The molecule has 0 unspecified atom stereocenters. The summed E-state index contributed by atoms with van der Waals surface area (Å²) in [6.45, 7) is 0. The Hall–Kier alpha value is -0.600. The molecule has 1 N–H and O–H groups in total. The van der Waals surface area contributed by atoms with E-state index in [2.05, 4.69) is 7.05 Å². The van der Waals surface area contributed by atoms with E-state index >= 15 is 0 Å². The quantitative estimate of drug-likeness (QED) is 0.629. The Morgan fingerprint density at radius 2 is 2.40 bits per heavy atom. The Kier molecular flexibility index (Phi) is 2.25. The van der Waals surface area contributed by atoms with E-state index in [0.29, 0.717) is 12.3 Å². The first kappa shape index (κ1) is 7.51. The molecule has 1 aliphatic carbocycles. The highest BCUT2D eigenvalue weighted by molar-refractivity contribution is 5.80. The molecule has 10 heavy (non-hydrogen) atoms. The maximum absolute atomic E-state index is 12.6. The monoisotopic (exact) mass is 144 g/mol. The van der Waals surface area contributed by atoms with Crippen LogP contribution in [-0.2, 0) is 4.79 Å². The highest BCUT2D eigenvalue weighted by atomic mass is 19.1. The zero-order chi connectivity index (χ0) is 7.56. The molecule has 0 aromatic carbocycles. The summed E-state index contributed by atoms with van der Waals surface area (Å²) in [6.07, 6.45) is 1.18. The maximum Gasteiger partial charge on any atom is 0.254 e. The van der Waals surface area contributed by atoms with Gasteiger partial charge >= 0.3 is 0 Å². The molecule has 1 rings (SSSR count). The average Bonchev–Trinajstić information content (AvgIpc) is 2.70. The Morgan fingerprint density at radius 1 is 1.80 bits per heavy atom. The van der Waals surface area contributed by atoms with Crippen molar-refractivity contribution in [2.75, 3.05) is 0 Å². The van der Waals surface area contributed by atoms with Gasteiger partial charge in [-0.05, 0) is 12.3 Å². The lowest BCUT2D eigenvalue weighted by Gasteiger charge is -2.03. The summed E-state index contributed by atoms with van der Waals surface area (Å²) >= 11 is 0. The van der Waals surface area contributed by atoms with Crippen LogP contribution in [0.1, 0.15) is 19.3 Å². The Labute approximate surface area is 59.8 Å². The number of halogens is 1. The summed E-state index contributed by atoms with van der Waals surface area (Å²) in [5.41, 5.74) is 0. The Bertz CT molecular complexity index is 134. The second-order valence-electron chi connectivity index (χ2n) is 2.69. The molecule has 0 aromatic rings. The molecule has 0 bridgehead atoms. The lowest BCUT2D eigenvalue weighted by Crippen LogP contribution is -2.27. The third kappa shape index (κ3) is 1.97. The van der Waals surface area contributed by atoms with E-state index in [-0.39, 0.29) is 0 Å². The van der Waals surface area contributed by atoms with Crippen LogP contribution in [0.25, 0.3) is 0 Å². The first-order valence-electron chi connectivity index (χ1n) is 3.45. The molecular weight excluding hydrogens is 133 g/mol. The summed E-state index contributed by atoms with van der Waals surface area (Å²) in [4.78, 5) is 10.5. The molecule has 3 heteroatoms. The van der Waals surface area contributed by atoms with Crippen LogP contribution in [0, 0.1) is 13.0 Å². The van der Waals surface area contributed by atoms with Gasteiger partial charge in [0.1, 0.15) is 0 Å². The van der Waals surface area contributed by atoms with Crippen molar-refractivity contribution in [2.45, 2.75) is 25.4 Å². The fourth-order valence-electron chi connectivity index (χ4n) is 0.864. The number of amides is 1. The van der Waals surface area contributed by atoms with Crippen molar-refractivity contribution >= 4 is 5.91 Å². The fourth-order valence-corrected chi connectivity index (χ4v) is 0.864. The van der Waals surface area contributed by atoms with Crippen LogP contribution in [0.4, 0.5) is 4.39 Å². The molecule has 1 atom stereocenters. The highest BCUT2D eigenvalue weighted by Crippen LogP contribution is 2.34. The molecule has 0 heterocycles. The normalized spacial score (nSPS) is 20.2. The van der Waals surface area contributed by atoms with Gasteiger partial charge in [-0.1, -0.05) is 12.8 Å². The zero-order valence-electron chi connectivity index (χ0n) is 5.77. The predicted octanol–water partition coefficient (Wildman–Crippen LogP) is 1.03. The zero-order valence-corrected chi connectivity index (χ0v) is 5.77. The van der Waals surface area contributed by atoms with E-state index in [1.165, 1.54) is 0 Å². The largest absolute Gasteiger partial charge is 0.352 e. The van der Waals surface area contributed by atoms with Crippen LogP contribution < -0.4 is 5.32 Å². The standard InChI is InChI=1S/C7H11FNO/c1-9-7(10)6(8)4-5-2-3-5/h5-6H,1-4H2,(H,9,10)/t6-/m1/s1. The SMILES string of the molecule is [CH2]NC(=O)[C@H](F)CC1CC1. The topological polar surface area (TPSA) is 29.1 Å². The minimum Gasteiger partial charge on any atom is -0.352 e. The molecule has 1 aliphatic rings. The first-order chi connectivity index (χ1) is 4.74. The molecule has 0 saturated heterocycles. The van der Waals surface area contributed by atoms with Crippen molar-refractivity contribution in [3.8, 4) is 0 Å². The molecule has 1 radical (unpaired) electrons. The van der Waals surface area contributed by atoms with E-state index in [0.717, 1.165) is 12.8 Å². The molecule has 1 fully saturated rings. The molecule has 0 aromatic heterocycles. The van der Waals surface area contributed by atoms with Gasteiger partial charge < -0.3 is 5.32 Å². The van der Waals surface area contributed by atoms with Gasteiger partial charge in [0.2, 0.25) is 0 Å². The van der Waals surface area contributed by atoms with Crippen molar-refractivity contribution < 1.29 is 9.18 Å². The van der Waals surface area contributed by atoms with Gasteiger partial charge in [-0.25, -0.2) is 4.39 Å². The van der Waals surface area contributed by atoms with Gasteiger partial charge in [-0.3, -0.25) is 4.79 Å². The minimum atomic E-state index is -1.34. The number of rotatable bonds is 3. The Balaban J connectivity index is 2.18. The van der Waals surface area contributed by atoms with Crippen molar-refractivity contribution in [1.29, 1.82) is 0 Å².